The topological polar surface area (TPSA) is 49.4 Å². The highest BCUT2D eigenvalue weighted by Gasteiger charge is 2.30. The number of benzene rings is 1. The Hall–Kier alpha value is -2.14. The molecule has 1 aliphatic rings. The minimum atomic E-state index is 0.0219. The number of nitrogens with one attached hydrogen (secondary N) is 1. The van der Waals surface area contributed by atoms with Crippen LogP contribution in [0.2, 0.25) is 0 Å². The molecular weight excluding hydrogens is 308 g/mol. The molecule has 0 aliphatic carbocycles. The van der Waals surface area contributed by atoms with Crippen LogP contribution in [-0.4, -0.2) is 24.9 Å². The van der Waals surface area contributed by atoms with E-state index in [1.165, 1.54) is 5.56 Å². The number of hydrogen-bond donors (Lipinski definition) is 1. The molecule has 4 nitrogen and oxygen atoms in total. The fraction of sp³-hybridized carbons (Fsp3) is 0.333. The van der Waals surface area contributed by atoms with E-state index in [0.717, 1.165) is 10.6 Å². The highest BCUT2D eigenvalue weighted by atomic mass is 32.1. The third-order valence-corrected chi connectivity index (χ3v) is 4.93. The number of aryl methyl sites for hydroxylation is 1. The first-order valence-electron chi connectivity index (χ1n) is 7.78. The lowest BCUT2D eigenvalue weighted by molar-refractivity contribution is -0.121. The molecule has 2 amide bonds. The highest BCUT2D eigenvalue weighted by molar-refractivity contribution is 7.10. The average molecular weight is 328 g/mol. The van der Waals surface area contributed by atoms with E-state index in [0.29, 0.717) is 25.9 Å². The Morgan fingerprint density at radius 1 is 1.30 bits per heavy atom. The summed E-state index contributed by atoms with van der Waals surface area (Å²) in [5.74, 6) is 0.330. The monoisotopic (exact) mass is 328 g/mol. The van der Waals surface area contributed by atoms with Gasteiger partial charge in [0, 0.05) is 36.0 Å². The molecule has 0 saturated carbocycles. The Morgan fingerprint density at radius 3 is 2.78 bits per heavy atom. The van der Waals surface area contributed by atoms with Gasteiger partial charge < -0.3 is 10.2 Å². The summed E-state index contributed by atoms with van der Waals surface area (Å²) < 4.78 is 0. The quantitative estimate of drug-likeness (QED) is 0.917. The van der Waals surface area contributed by atoms with E-state index in [4.69, 9.17) is 0 Å². The number of hydrogen-bond acceptors (Lipinski definition) is 3. The molecule has 1 unspecified atom stereocenters. The first kappa shape index (κ1) is 15.7. The van der Waals surface area contributed by atoms with Crippen molar-refractivity contribution in [2.75, 3.05) is 18.0 Å². The normalized spacial score (nSPS) is 17.5. The van der Waals surface area contributed by atoms with Gasteiger partial charge in [0.2, 0.25) is 11.8 Å². The van der Waals surface area contributed by atoms with E-state index in [1.807, 2.05) is 53.6 Å². The molecule has 1 saturated heterocycles. The maximum atomic E-state index is 12.2. The molecule has 1 fully saturated rings. The van der Waals surface area contributed by atoms with Gasteiger partial charge in [-0.2, -0.15) is 0 Å². The Morgan fingerprint density at radius 2 is 2.09 bits per heavy atom. The van der Waals surface area contributed by atoms with E-state index in [2.05, 4.69) is 5.32 Å². The van der Waals surface area contributed by atoms with Crippen LogP contribution in [-0.2, 0) is 16.0 Å². The van der Waals surface area contributed by atoms with Crippen molar-refractivity contribution in [2.45, 2.75) is 19.8 Å². The van der Waals surface area contributed by atoms with Crippen LogP contribution in [0.25, 0.3) is 0 Å². The van der Waals surface area contributed by atoms with Gasteiger partial charge in [0.1, 0.15) is 0 Å². The lowest BCUT2D eigenvalue weighted by Gasteiger charge is -2.17. The number of carbonyl (C=O) groups excluding carboxylic acids is 2. The number of anilines is 1. The second kappa shape index (κ2) is 6.96. The molecule has 5 heteroatoms. The van der Waals surface area contributed by atoms with Crippen molar-refractivity contribution in [3.05, 3.63) is 52.2 Å². The summed E-state index contributed by atoms with van der Waals surface area (Å²) >= 11 is 1.59. The zero-order chi connectivity index (χ0) is 16.2. The van der Waals surface area contributed by atoms with Crippen molar-refractivity contribution in [3.63, 3.8) is 0 Å². The summed E-state index contributed by atoms with van der Waals surface area (Å²) in [7, 11) is 0. The summed E-state index contributed by atoms with van der Waals surface area (Å²) in [5, 5.41) is 4.92. The van der Waals surface area contributed by atoms with Crippen LogP contribution in [0.4, 0.5) is 5.69 Å². The van der Waals surface area contributed by atoms with E-state index < -0.39 is 0 Å². The molecule has 23 heavy (non-hydrogen) atoms. The molecule has 1 atom stereocenters. The Kier molecular flexibility index (Phi) is 4.76. The zero-order valence-corrected chi connectivity index (χ0v) is 13.9. The number of carbonyl (C=O) groups is 2. The summed E-state index contributed by atoms with van der Waals surface area (Å²) in [6, 6.07) is 11.9. The van der Waals surface area contributed by atoms with Crippen molar-refractivity contribution >= 4 is 28.8 Å². The van der Waals surface area contributed by atoms with Gasteiger partial charge in [-0.25, -0.2) is 0 Å². The first-order valence-corrected chi connectivity index (χ1v) is 8.66. The van der Waals surface area contributed by atoms with Crippen molar-refractivity contribution < 1.29 is 9.59 Å². The fourth-order valence-electron chi connectivity index (χ4n) is 2.78. The maximum Gasteiger partial charge on any atom is 0.227 e. The Labute approximate surface area is 140 Å². The lowest BCUT2D eigenvalue weighted by atomic mass is 10.1. The summed E-state index contributed by atoms with van der Waals surface area (Å²) in [6.45, 7) is 3.25. The van der Waals surface area contributed by atoms with E-state index >= 15 is 0 Å². The SMILES string of the molecule is Cc1ccc(N2CC(CNC(=O)Cc3cccs3)CC2=O)cc1. The molecule has 0 spiro atoms. The second-order valence-electron chi connectivity index (χ2n) is 5.97. The van der Waals surface area contributed by atoms with Crippen LogP contribution in [0.1, 0.15) is 16.9 Å². The number of amides is 2. The third-order valence-electron chi connectivity index (χ3n) is 4.05. The first-order chi connectivity index (χ1) is 11.1. The van der Waals surface area contributed by atoms with Gasteiger partial charge in [0.25, 0.3) is 0 Å². The number of rotatable bonds is 5. The summed E-state index contributed by atoms with van der Waals surface area (Å²) in [6.07, 6.45) is 0.910. The van der Waals surface area contributed by atoms with Crippen LogP contribution in [0.15, 0.2) is 41.8 Å². The van der Waals surface area contributed by atoms with Gasteiger partial charge in [-0.05, 0) is 30.5 Å². The number of nitrogens with zero attached hydrogens (tertiary/aromatic N) is 1. The molecule has 1 N–H and O–H groups in total. The van der Waals surface area contributed by atoms with E-state index in [-0.39, 0.29) is 17.7 Å². The average Bonchev–Trinajstić information content (AvgIpc) is 3.16. The predicted molar refractivity (Wildman–Crippen MR) is 92.7 cm³/mol. The summed E-state index contributed by atoms with van der Waals surface area (Å²) in [4.78, 5) is 27.0. The fourth-order valence-corrected chi connectivity index (χ4v) is 3.49. The van der Waals surface area contributed by atoms with Gasteiger partial charge in [0.05, 0.1) is 6.42 Å². The van der Waals surface area contributed by atoms with Crippen LogP contribution in [0, 0.1) is 12.8 Å². The van der Waals surface area contributed by atoms with Crippen molar-refractivity contribution in [1.82, 2.24) is 5.32 Å². The van der Waals surface area contributed by atoms with E-state index in [1.54, 1.807) is 11.3 Å². The smallest absolute Gasteiger partial charge is 0.227 e. The van der Waals surface area contributed by atoms with Crippen LogP contribution >= 0.6 is 11.3 Å². The Bertz CT molecular complexity index is 680. The molecule has 2 heterocycles. The molecule has 1 aromatic carbocycles. The van der Waals surface area contributed by atoms with Crippen molar-refractivity contribution in [1.29, 1.82) is 0 Å². The van der Waals surface area contributed by atoms with Crippen LogP contribution in [0.5, 0.6) is 0 Å². The molecule has 3 rings (SSSR count). The minimum absolute atomic E-state index is 0.0219. The summed E-state index contributed by atoms with van der Waals surface area (Å²) in [5.41, 5.74) is 2.12. The molecule has 2 aromatic rings. The molecule has 0 radical (unpaired) electrons. The van der Waals surface area contributed by atoms with Gasteiger partial charge in [-0.1, -0.05) is 23.8 Å². The highest BCUT2D eigenvalue weighted by Crippen LogP contribution is 2.25. The van der Waals surface area contributed by atoms with Crippen LogP contribution < -0.4 is 10.2 Å². The maximum absolute atomic E-state index is 12.2. The van der Waals surface area contributed by atoms with Gasteiger partial charge in [-0.3, -0.25) is 9.59 Å². The molecular formula is C18H20N2O2S. The van der Waals surface area contributed by atoms with E-state index in [9.17, 15) is 9.59 Å². The molecule has 120 valence electrons. The minimum Gasteiger partial charge on any atom is -0.355 e. The molecule has 1 aromatic heterocycles. The Balaban J connectivity index is 1.51. The third kappa shape index (κ3) is 3.99. The number of thiophene rings is 1. The standard InChI is InChI=1S/C18H20N2O2S/c1-13-4-6-15(7-5-13)20-12-14(9-18(20)22)11-19-17(21)10-16-3-2-8-23-16/h2-8,14H,9-12H2,1H3,(H,19,21). The molecule has 1 aliphatic heterocycles. The van der Waals surface area contributed by atoms with Gasteiger partial charge in [-0.15, -0.1) is 11.3 Å². The van der Waals surface area contributed by atoms with Crippen molar-refractivity contribution in [3.8, 4) is 0 Å². The van der Waals surface area contributed by atoms with Gasteiger partial charge in [0.15, 0.2) is 0 Å². The molecule has 0 bridgehead atoms. The zero-order valence-electron chi connectivity index (χ0n) is 13.1. The second-order valence-corrected chi connectivity index (χ2v) is 7.00. The van der Waals surface area contributed by atoms with Crippen molar-refractivity contribution in [2.24, 2.45) is 5.92 Å². The lowest BCUT2D eigenvalue weighted by Crippen LogP contribution is -2.32. The largest absolute Gasteiger partial charge is 0.355 e. The predicted octanol–water partition coefficient (Wildman–Crippen LogP) is 2.77. The van der Waals surface area contributed by atoms with Crippen LogP contribution in [0.3, 0.4) is 0 Å². The van der Waals surface area contributed by atoms with Gasteiger partial charge >= 0.3 is 0 Å².